The Kier molecular flexibility index (Phi) is 4.66. The molecule has 0 heterocycles. The molecule has 1 heteroatoms. The van der Waals surface area contributed by atoms with Crippen molar-refractivity contribution in [2.75, 3.05) is 0 Å². The number of rotatable bonds is 0. The summed E-state index contributed by atoms with van der Waals surface area (Å²) >= 11 is 0. The van der Waals surface area contributed by atoms with E-state index in [9.17, 15) is 5.11 Å². The monoisotopic (exact) mass is 426 g/mol. The van der Waals surface area contributed by atoms with E-state index in [1.54, 1.807) is 0 Å². The summed E-state index contributed by atoms with van der Waals surface area (Å²) in [6.07, 6.45) is 15.9. The Morgan fingerprint density at radius 2 is 1.45 bits per heavy atom. The fraction of sp³-hybridized carbons (Fsp3) is 0.933. The van der Waals surface area contributed by atoms with Crippen molar-refractivity contribution in [2.45, 2.75) is 126 Å². The molecule has 5 aliphatic carbocycles. The Balaban J connectivity index is 1.57. The second kappa shape index (κ2) is 6.43. The second-order valence-electron chi connectivity index (χ2n) is 15.2. The van der Waals surface area contributed by atoms with Crippen molar-refractivity contribution < 1.29 is 5.11 Å². The molecule has 1 N–H and O–H groups in total. The summed E-state index contributed by atoms with van der Waals surface area (Å²) in [5, 5.41) is 10.9. The first-order valence-corrected chi connectivity index (χ1v) is 13.6. The van der Waals surface area contributed by atoms with Gasteiger partial charge in [0.2, 0.25) is 0 Å². The number of fused-ring (bicyclic) bond motifs is 7. The molecule has 0 aromatic heterocycles. The summed E-state index contributed by atoms with van der Waals surface area (Å²) in [6, 6.07) is 0. The molecule has 0 spiro atoms. The molecule has 0 aromatic rings. The highest BCUT2D eigenvalue weighted by Gasteiger charge is 2.67. The van der Waals surface area contributed by atoms with Gasteiger partial charge in [0.15, 0.2) is 0 Å². The molecule has 176 valence electrons. The van der Waals surface area contributed by atoms with Crippen LogP contribution in [0.1, 0.15) is 120 Å². The van der Waals surface area contributed by atoms with E-state index in [0.717, 1.165) is 18.3 Å². The first-order chi connectivity index (χ1) is 14.2. The van der Waals surface area contributed by atoms with Crippen molar-refractivity contribution in [3.8, 4) is 0 Å². The Morgan fingerprint density at radius 3 is 2.16 bits per heavy atom. The number of hydrogen-bond donors (Lipinski definition) is 1. The highest BCUT2D eigenvalue weighted by Crippen LogP contribution is 2.75. The molecule has 0 aromatic carbocycles. The molecule has 5 rings (SSSR count). The van der Waals surface area contributed by atoms with Gasteiger partial charge in [-0.15, -0.1) is 0 Å². The van der Waals surface area contributed by atoms with Gasteiger partial charge in [-0.3, -0.25) is 0 Å². The molecule has 4 fully saturated rings. The van der Waals surface area contributed by atoms with Crippen LogP contribution in [-0.2, 0) is 0 Å². The van der Waals surface area contributed by atoms with Crippen LogP contribution in [0.3, 0.4) is 0 Å². The number of allylic oxidation sites excluding steroid dienone is 2. The first kappa shape index (κ1) is 22.5. The van der Waals surface area contributed by atoms with Crippen LogP contribution in [0, 0.1) is 50.2 Å². The van der Waals surface area contributed by atoms with Crippen molar-refractivity contribution in [3.63, 3.8) is 0 Å². The topological polar surface area (TPSA) is 20.2 Å². The molecule has 5 aliphatic rings. The zero-order valence-electron chi connectivity index (χ0n) is 21.9. The predicted octanol–water partition coefficient (Wildman–Crippen LogP) is 8.17. The lowest BCUT2D eigenvalue weighted by atomic mass is 9.33. The standard InChI is InChI=1S/C30H50O/c1-25(2)15-16-27(5)17-18-29(7)20(21(27)19-25)9-10-23-28(6)13-12-24(31)26(3,4)22(28)11-14-30(23,29)8/h9,21-24,31H,10-19H2,1-8H3/t21-,22+,23-,24+,27-,28+,29-,30-/m1/s1. The van der Waals surface area contributed by atoms with Crippen LogP contribution >= 0.6 is 0 Å². The molecule has 1 nitrogen and oxygen atoms in total. The Bertz CT molecular complexity index is 790. The quantitative estimate of drug-likeness (QED) is 0.387. The van der Waals surface area contributed by atoms with E-state index in [1.807, 2.05) is 5.57 Å². The van der Waals surface area contributed by atoms with Crippen LogP contribution in [0.15, 0.2) is 11.6 Å². The predicted molar refractivity (Wildman–Crippen MR) is 131 cm³/mol. The van der Waals surface area contributed by atoms with E-state index >= 15 is 0 Å². The average molecular weight is 427 g/mol. The lowest BCUT2D eigenvalue weighted by Gasteiger charge is -2.71. The van der Waals surface area contributed by atoms with E-state index in [2.05, 4.69) is 61.5 Å². The lowest BCUT2D eigenvalue weighted by molar-refractivity contribution is -0.202. The molecule has 0 saturated heterocycles. The van der Waals surface area contributed by atoms with Gasteiger partial charge in [0.1, 0.15) is 0 Å². The maximum absolute atomic E-state index is 10.9. The van der Waals surface area contributed by atoms with E-state index < -0.39 is 0 Å². The summed E-state index contributed by atoms with van der Waals surface area (Å²) in [6.45, 7) is 20.4. The zero-order chi connectivity index (χ0) is 22.7. The number of aliphatic hydroxyl groups excluding tert-OH is 1. The first-order valence-electron chi connectivity index (χ1n) is 13.6. The zero-order valence-corrected chi connectivity index (χ0v) is 21.9. The van der Waals surface area contributed by atoms with Crippen LogP contribution in [0.5, 0.6) is 0 Å². The smallest absolute Gasteiger partial charge is 0.0594 e. The molecule has 0 unspecified atom stereocenters. The third-order valence-electron chi connectivity index (χ3n) is 13.0. The van der Waals surface area contributed by atoms with Crippen LogP contribution in [0.25, 0.3) is 0 Å². The molecular weight excluding hydrogens is 376 g/mol. The summed E-state index contributed by atoms with van der Waals surface area (Å²) in [4.78, 5) is 0. The van der Waals surface area contributed by atoms with E-state index in [0.29, 0.717) is 33.0 Å². The van der Waals surface area contributed by atoms with Crippen molar-refractivity contribution in [1.29, 1.82) is 0 Å². The fourth-order valence-electron chi connectivity index (χ4n) is 10.5. The van der Waals surface area contributed by atoms with Gasteiger partial charge in [-0.05, 0) is 114 Å². The minimum absolute atomic E-state index is 0.0533. The SMILES string of the molecule is CC1(C)CC[C@]2(C)CC[C@]3(C)C(=CC[C@@H]4[C@@]5(C)CC[C@H](O)C(C)(C)[C@@H]5CC[C@]43C)[C@H]2C1. The van der Waals surface area contributed by atoms with Gasteiger partial charge >= 0.3 is 0 Å². The molecule has 0 bridgehead atoms. The highest BCUT2D eigenvalue weighted by atomic mass is 16.3. The van der Waals surface area contributed by atoms with E-state index in [1.165, 1.54) is 57.8 Å². The van der Waals surface area contributed by atoms with Gasteiger partial charge in [0.25, 0.3) is 0 Å². The third-order valence-corrected chi connectivity index (χ3v) is 13.0. The minimum Gasteiger partial charge on any atom is -0.393 e. The van der Waals surface area contributed by atoms with Crippen LogP contribution in [-0.4, -0.2) is 11.2 Å². The average Bonchev–Trinajstić information content (AvgIpc) is 2.67. The van der Waals surface area contributed by atoms with Gasteiger partial charge in [-0.25, -0.2) is 0 Å². The number of aliphatic hydroxyl groups is 1. The van der Waals surface area contributed by atoms with Gasteiger partial charge in [0.05, 0.1) is 6.10 Å². The Labute approximate surface area is 192 Å². The minimum atomic E-state index is -0.125. The number of hydrogen-bond acceptors (Lipinski definition) is 1. The molecule has 0 amide bonds. The molecule has 0 radical (unpaired) electrons. The second-order valence-corrected chi connectivity index (χ2v) is 15.2. The van der Waals surface area contributed by atoms with Crippen LogP contribution < -0.4 is 0 Å². The largest absolute Gasteiger partial charge is 0.393 e. The molecule has 4 saturated carbocycles. The third kappa shape index (κ3) is 2.77. The molecule has 0 aliphatic heterocycles. The van der Waals surface area contributed by atoms with Gasteiger partial charge in [-0.2, -0.15) is 0 Å². The molecular formula is C30H50O. The van der Waals surface area contributed by atoms with Gasteiger partial charge in [-0.1, -0.05) is 67.0 Å². The van der Waals surface area contributed by atoms with Crippen LogP contribution in [0.4, 0.5) is 0 Å². The lowest BCUT2D eigenvalue weighted by Crippen LogP contribution is -2.64. The fourth-order valence-corrected chi connectivity index (χ4v) is 10.5. The summed E-state index contributed by atoms with van der Waals surface area (Å²) in [5.74, 6) is 2.21. The maximum Gasteiger partial charge on any atom is 0.0594 e. The van der Waals surface area contributed by atoms with E-state index in [4.69, 9.17) is 0 Å². The summed E-state index contributed by atoms with van der Waals surface area (Å²) in [5.41, 5.74) is 4.09. The van der Waals surface area contributed by atoms with Crippen molar-refractivity contribution in [1.82, 2.24) is 0 Å². The molecule has 8 atom stereocenters. The normalized spacial score (nSPS) is 55.2. The van der Waals surface area contributed by atoms with Crippen LogP contribution in [0.2, 0.25) is 0 Å². The van der Waals surface area contributed by atoms with Crippen molar-refractivity contribution >= 4 is 0 Å². The molecule has 31 heavy (non-hydrogen) atoms. The highest BCUT2D eigenvalue weighted by molar-refractivity contribution is 5.33. The Morgan fingerprint density at radius 1 is 0.774 bits per heavy atom. The summed E-state index contributed by atoms with van der Waals surface area (Å²) < 4.78 is 0. The maximum atomic E-state index is 10.9. The van der Waals surface area contributed by atoms with Crippen molar-refractivity contribution in [2.24, 2.45) is 50.2 Å². The van der Waals surface area contributed by atoms with Gasteiger partial charge < -0.3 is 5.11 Å². The van der Waals surface area contributed by atoms with Crippen molar-refractivity contribution in [3.05, 3.63) is 11.6 Å². The summed E-state index contributed by atoms with van der Waals surface area (Å²) in [7, 11) is 0. The van der Waals surface area contributed by atoms with Gasteiger partial charge in [0, 0.05) is 0 Å². The Hall–Kier alpha value is -0.300. The van der Waals surface area contributed by atoms with E-state index in [-0.39, 0.29) is 11.5 Å².